The molecule has 1 aliphatic rings. The summed E-state index contributed by atoms with van der Waals surface area (Å²) >= 11 is 0. The number of nitrogens with two attached hydrogens (primary N) is 1. The molecule has 0 spiro atoms. The van der Waals surface area contributed by atoms with Crippen LogP contribution in [-0.4, -0.2) is 46.2 Å². The Hall–Kier alpha value is -2.83. The van der Waals surface area contributed by atoms with E-state index in [2.05, 4.69) is 5.10 Å². The van der Waals surface area contributed by atoms with Crippen molar-refractivity contribution >= 4 is 11.8 Å². The van der Waals surface area contributed by atoms with Crippen molar-refractivity contribution in [3.05, 3.63) is 47.8 Å². The topological polar surface area (TPSA) is 90.4 Å². The fraction of sp³-hybridized carbons (Fsp3) is 0.389. The molecule has 1 aliphatic heterocycles. The first-order valence-corrected chi connectivity index (χ1v) is 8.34. The molecule has 2 N–H and O–H groups in total. The Morgan fingerprint density at radius 3 is 2.72 bits per heavy atom. The lowest BCUT2D eigenvalue weighted by Gasteiger charge is -2.33. The predicted molar refractivity (Wildman–Crippen MR) is 92.3 cm³/mol. The molecule has 1 aromatic carbocycles. The van der Waals surface area contributed by atoms with Crippen LogP contribution in [0.1, 0.15) is 34.8 Å². The number of aryl methyl sites for hydroxylation is 1. The molecule has 1 unspecified atom stereocenters. The Balaban J connectivity index is 1.64. The molecule has 25 heavy (non-hydrogen) atoms. The number of hydrogen-bond donors (Lipinski definition) is 1. The Morgan fingerprint density at radius 2 is 2.08 bits per heavy atom. The van der Waals surface area contributed by atoms with Crippen molar-refractivity contribution in [1.82, 2.24) is 14.7 Å². The van der Waals surface area contributed by atoms with Crippen LogP contribution in [0.25, 0.3) is 0 Å². The second-order valence-corrected chi connectivity index (χ2v) is 6.32. The number of carbonyl (C=O) groups excluding carboxylic acids is 2. The van der Waals surface area contributed by atoms with Gasteiger partial charge in [0, 0.05) is 24.8 Å². The highest BCUT2D eigenvalue weighted by atomic mass is 16.5. The number of nitrogens with zero attached hydrogens (tertiary/aromatic N) is 3. The van der Waals surface area contributed by atoms with Crippen molar-refractivity contribution in [3.8, 4) is 5.75 Å². The average Bonchev–Trinajstić information content (AvgIpc) is 3.06. The van der Waals surface area contributed by atoms with E-state index in [1.807, 2.05) is 28.9 Å². The molecule has 2 aromatic rings. The molecular weight excluding hydrogens is 320 g/mol. The Bertz CT molecular complexity index is 754. The molecule has 0 saturated carbocycles. The van der Waals surface area contributed by atoms with E-state index in [4.69, 9.17) is 10.5 Å². The summed E-state index contributed by atoms with van der Waals surface area (Å²) in [7, 11) is 0. The second kappa shape index (κ2) is 7.38. The molecule has 2 heterocycles. The number of primary amides is 1. The fourth-order valence-electron chi connectivity index (χ4n) is 3.02. The largest absolute Gasteiger partial charge is 0.484 e. The van der Waals surface area contributed by atoms with Crippen LogP contribution in [0.15, 0.2) is 36.7 Å². The van der Waals surface area contributed by atoms with E-state index >= 15 is 0 Å². The minimum atomic E-state index is -0.534. The normalized spacial score (nSPS) is 17.3. The van der Waals surface area contributed by atoms with Gasteiger partial charge < -0.3 is 15.4 Å². The number of carbonyl (C=O) groups is 2. The van der Waals surface area contributed by atoms with Crippen LogP contribution < -0.4 is 10.5 Å². The highest BCUT2D eigenvalue weighted by Crippen LogP contribution is 2.23. The molecule has 2 amide bonds. The molecule has 1 atom stereocenters. The first-order chi connectivity index (χ1) is 12.0. The third-order valence-electron chi connectivity index (χ3n) is 4.27. The summed E-state index contributed by atoms with van der Waals surface area (Å²) in [5.41, 5.74) is 6.77. The lowest BCUT2D eigenvalue weighted by atomic mass is 10.0. The standard InChI is InChI=1S/C18H22N4O3/c1-13-9-20-22(10-13)15-3-2-8-21(11-15)18(24)14-4-6-16(7-5-14)25-12-17(19)23/h4-7,9-10,15H,2-3,8,11-12H2,1H3,(H2,19,23). The SMILES string of the molecule is Cc1cnn(C2CCCN(C(=O)c3ccc(OCC(N)=O)cc3)C2)c1. The fourth-order valence-corrected chi connectivity index (χ4v) is 3.02. The summed E-state index contributed by atoms with van der Waals surface area (Å²) in [4.78, 5) is 25.3. The van der Waals surface area contributed by atoms with Crippen LogP contribution in [0.2, 0.25) is 0 Å². The van der Waals surface area contributed by atoms with Gasteiger partial charge in [0.25, 0.3) is 11.8 Å². The molecular formula is C18H22N4O3. The number of piperidine rings is 1. The zero-order valence-corrected chi connectivity index (χ0v) is 14.2. The van der Waals surface area contributed by atoms with Gasteiger partial charge in [0.2, 0.25) is 0 Å². The Labute approximate surface area is 146 Å². The van der Waals surface area contributed by atoms with Gasteiger partial charge in [-0.05, 0) is 49.6 Å². The van der Waals surface area contributed by atoms with Crippen molar-refractivity contribution in [2.45, 2.75) is 25.8 Å². The van der Waals surface area contributed by atoms with Crippen LogP contribution >= 0.6 is 0 Å². The van der Waals surface area contributed by atoms with E-state index in [9.17, 15) is 9.59 Å². The molecule has 1 fully saturated rings. The van der Waals surface area contributed by atoms with E-state index in [1.54, 1.807) is 24.3 Å². The zero-order valence-electron chi connectivity index (χ0n) is 14.2. The van der Waals surface area contributed by atoms with Crippen molar-refractivity contribution < 1.29 is 14.3 Å². The van der Waals surface area contributed by atoms with Crippen LogP contribution in [0.5, 0.6) is 5.75 Å². The highest BCUT2D eigenvalue weighted by Gasteiger charge is 2.25. The number of amides is 2. The number of aromatic nitrogens is 2. The molecule has 7 heteroatoms. The summed E-state index contributed by atoms with van der Waals surface area (Å²) < 4.78 is 7.17. The number of benzene rings is 1. The van der Waals surface area contributed by atoms with E-state index < -0.39 is 5.91 Å². The van der Waals surface area contributed by atoms with E-state index in [0.29, 0.717) is 17.9 Å². The summed E-state index contributed by atoms with van der Waals surface area (Å²) in [6.07, 6.45) is 5.83. The lowest BCUT2D eigenvalue weighted by Crippen LogP contribution is -2.40. The maximum absolute atomic E-state index is 12.7. The number of hydrogen-bond acceptors (Lipinski definition) is 4. The summed E-state index contributed by atoms with van der Waals surface area (Å²) in [6, 6.07) is 6.98. The van der Waals surface area contributed by atoms with E-state index in [0.717, 1.165) is 24.9 Å². The molecule has 132 valence electrons. The van der Waals surface area contributed by atoms with Gasteiger partial charge in [-0.25, -0.2) is 0 Å². The van der Waals surface area contributed by atoms with Crippen LogP contribution in [-0.2, 0) is 4.79 Å². The van der Waals surface area contributed by atoms with Crippen LogP contribution in [0.3, 0.4) is 0 Å². The second-order valence-electron chi connectivity index (χ2n) is 6.32. The number of rotatable bonds is 5. The lowest BCUT2D eigenvalue weighted by molar-refractivity contribution is -0.119. The minimum absolute atomic E-state index is 0.00460. The number of ether oxygens (including phenoxy) is 1. The van der Waals surface area contributed by atoms with E-state index in [-0.39, 0.29) is 18.6 Å². The van der Waals surface area contributed by atoms with Gasteiger partial charge in [-0.2, -0.15) is 5.10 Å². The zero-order chi connectivity index (χ0) is 17.8. The van der Waals surface area contributed by atoms with Gasteiger partial charge in [0.05, 0.1) is 12.2 Å². The van der Waals surface area contributed by atoms with Crippen molar-refractivity contribution in [2.75, 3.05) is 19.7 Å². The molecule has 1 saturated heterocycles. The summed E-state index contributed by atoms with van der Waals surface area (Å²) in [5.74, 6) is -0.0257. The maximum atomic E-state index is 12.7. The van der Waals surface area contributed by atoms with Crippen LogP contribution in [0, 0.1) is 6.92 Å². The van der Waals surface area contributed by atoms with Gasteiger partial charge in [0.15, 0.2) is 6.61 Å². The quantitative estimate of drug-likeness (QED) is 0.892. The van der Waals surface area contributed by atoms with Crippen LogP contribution in [0.4, 0.5) is 0 Å². The van der Waals surface area contributed by atoms with Crippen molar-refractivity contribution in [1.29, 1.82) is 0 Å². The molecule has 3 rings (SSSR count). The summed E-state index contributed by atoms with van der Waals surface area (Å²) in [5, 5.41) is 4.38. The van der Waals surface area contributed by atoms with Gasteiger partial charge in [-0.15, -0.1) is 0 Å². The third-order valence-corrected chi connectivity index (χ3v) is 4.27. The molecule has 0 radical (unpaired) electrons. The van der Waals surface area contributed by atoms with Gasteiger partial charge in [-0.3, -0.25) is 14.3 Å². The average molecular weight is 342 g/mol. The number of likely N-dealkylation sites (tertiary alicyclic amines) is 1. The van der Waals surface area contributed by atoms with Crippen molar-refractivity contribution in [3.63, 3.8) is 0 Å². The predicted octanol–water partition coefficient (Wildman–Crippen LogP) is 1.53. The first kappa shape index (κ1) is 17.0. The molecule has 1 aromatic heterocycles. The van der Waals surface area contributed by atoms with Gasteiger partial charge in [-0.1, -0.05) is 0 Å². The van der Waals surface area contributed by atoms with Crippen molar-refractivity contribution in [2.24, 2.45) is 5.73 Å². The first-order valence-electron chi connectivity index (χ1n) is 8.34. The smallest absolute Gasteiger partial charge is 0.255 e. The maximum Gasteiger partial charge on any atom is 0.255 e. The molecule has 7 nitrogen and oxygen atoms in total. The van der Waals surface area contributed by atoms with Gasteiger partial charge in [0.1, 0.15) is 5.75 Å². The third kappa shape index (κ3) is 4.17. The molecule has 0 bridgehead atoms. The van der Waals surface area contributed by atoms with E-state index in [1.165, 1.54) is 0 Å². The summed E-state index contributed by atoms with van der Waals surface area (Å²) in [6.45, 7) is 3.23. The Kier molecular flexibility index (Phi) is 5.02. The molecule has 0 aliphatic carbocycles. The van der Waals surface area contributed by atoms with Gasteiger partial charge >= 0.3 is 0 Å². The highest BCUT2D eigenvalue weighted by molar-refractivity contribution is 5.94. The minimum Gasteiger partial charge on any atom is -0.484 e. The Morgan fingerprint density at radius 1 is 1.32 bits per heavy atom. The monoisotopic (exact) mass is 342 g/mol.